The van der Waals surface area contributed by atoms with Crippen molar-refractivity contribution in [2.75, 3.05) is 6.61 Å². The molecule has 0 radical (unpaired) electrons. The molecule has 18 heteroatoms. The highest BCUT2D eigenvalue weighted by molar-refractivity contribution is 5.96. The highest BCUT2D eigenvalue weighted by atomic mass is 16.8. The number of Topliss-reactive ketones (excluding diaryl/α,β-unsaturated/α-hetero) is 1. The van der Waals surface area contributed by atoms with Gasteiger partial charge in [-0.2, -0.15) is 0 Å². The van der Waals surface area contributed by atoms with Crippen LogP contribution in [0, 0.1) is 28.6 Å². The molecule has 2 saturated heterocycles. The second-order valence-electron chi connectivity index (χ2n) is 19.1. The third-order valence-corrected chi connectivity index (χ3v) is 13.7. The van der Waals surface area contributed by atoms with E-state index < -0.39 is 130 Å². The Morgan fingerprint density at radius 3 is 2.21 bits per heavy atom. The van der Waals surface area contributed by atoms with E-state index in [4.69, 9.17) is 37.9 Å². The molecule has 3 saturated carbocycles. The predicted molar refractivity (Wildman–Crippen MR) is 210 cm³/mol. The Labute approximate surface area is 358 Å². The van der Waals surface area contributed by atoms with Crippen molar-refractivity contribution in [1.29, 1.82) is 0 Å². The van der Waals surface area contributed by atoms with Gasteiger partial charge in [-0.25, -0.2) is 19.2 Å². The van der Waals surface area contributed by atoms with Gasteiger partial charge in [0.25, 0.3) is 0 Å². The number of carbonyl (C=O) groups excluding carboxylic acids is 7. The standard InChI is InChI=1S/C44H55NO17/c1-19(2)16-24(45-38(53)61-40(6,7)8)29(49)37(52)57-31-28-20(3)27-30(56-21(4)46)33(50)41(9)25(48)17-26-43(18-55-26,60-22(5)47)32(41)35(58-36(51)23-14-12-11-13-15-23)44(42(27,28)10)34(31)59-39(54)62-44/h11-15,19,24-26,28-32,34-35,48-49H,16-18H2,1-10H3,(H,45,53)/t24-,25+,26+,28?,29+,30+,31+,32?,34-,35-,41+,42?,43-,44+/m0/s1. The zero-order chi connectivity index (χ0) is 45.6. The number of ketones is 1. The van der Waals surface area contributed by atoms with E-state index in [2.05, 4.69) is 5.32 Å². The zero-order valence-electron chi connectivity index (χ0n) is 36.4. The van der Waals surface area contributed by atoms with Gasteiger partial charge in [-0.15, -0.1) is 0 Å². The molecule has 338 valence electrons. The normalized spacial score (nSPS) is 37.4. The fraction of sp³-hybridized carbons (Fsp3) is 0.659. The van der Waals surface area contributed by atoms with Gasteiger partial charge in [-0.1, -0.05) is 44.5 Å². The largest absolute Gasteiger partial charge is 0.509 e. The van der Waals surface area contributed by atoms with Gasteiger partial charge < -0.3 is 53.4 Å². The van der Waals surface area contributed by atoms with Crippen molar-refractivity contribution in [2.24, 2.45) is 28.6 Å². The number of esters is 4. The van der Waals surface area contributed by atoms with Crippen LogP contribution in [-0.4, -0.2) is 124 Å². The first-order chi connectivity index (χ1) is 28.8. The Kier molecular flexibility index (Phi) is 11.1. The lowest BCUT2D eigenvalue weighted by molar-refractivity contribution is -0.343. The number of carbonyl (C=O) groups is 7. The van der Waals surface area contributed by atoms with Gasteiger partial charge in [-0.05, 0) is 64.7 Å². The van der Waals surface area contributed by atoms with Crippen LogP contribution in [0.5, 0.6) is 0 Å². The maximum atomic E-state index is 15.5. The molecule has 5 fully saturated rings. The topological polar surface area (TPSA) is 246 Å². The van der Waals surface area contributed by atoms with Crippen LogP contribution in [0.4, 0.5) is 9.59 Å². The summed E-state index contributed by atoms with van der Waals surface area (Å²) in [5.74, 6) is -7.50. The Balaban J connectivity index is 1.44. The summed E-state index contributed by atoms with van der Waals surface area (Å²) in [4.78, 5) is 97.1. The fourth-order valence-corrected chi connectivity index (χ4v) is 11.4. The van der Waals surface area contributed by atoms with E-state index in [-0.39, 0.29) is 36.5 Å². The van der Waals surface area contributed by atoms with Gasteiger partial charge in [0.15, 0.2) is 41.9 Å². The van der Waals surface area contributed by atoms with Crippen molar-refractivity contribution in [2.45, 2.75) is 148 Å². The predicted octanol–water partition coefficient (Wildman–Crippen LogP) is 3.27. The summed E-state index contributed by atoms with van der Waals surface area (Å²) in [6, 6.07) is 6.55. The first-order valence-electron chi connectivity index (χ1n) is 20.8. The molecule has 1 aromatic carbocycles. The van der Waals surface area contributed by atoms with E-state index in [9.17, 15) is 39.0 Å². The first-order valence-corrected chi connectivity index (χ1v) is 20.8. The molecule has 2 heterocycles. The van der Waals surface area contributed by atoms with Crippen LogP contribution in [0.1, 0.15) is 92.4 Å². The second-order valence-corrected chi connectivity index (χ2v) is 19.1. The van der Waals surface area contributed by atoms with Crippen molar-refractivity contribution in [1.82, 2.24) is 5.32 Å². The lowest BCUT2D eigenvalue weighted by atomic mass is 9.43. The van der Waals surface area contributed by atoms with Crippen LogP contribution < -0.4 is 5.32 Å². The van der Waals surface area contributed by atoms with Gasteiger partial charge in [0.05, 0.1) is 41.1 Å². The number of hydrogen-bond donors (Lipinski definition) is 3. The summed E-state index contributed by atoms with van der Waals surface area (Å²) in [6.45, 7) is 15.0. The molecule has 3 unspecified atom stereocenters. The van der Waals surface area contributed by atoms with Crippen molar-refractivity contribution < 1.29 is 81.7 Å². The average molecular weight is 870 g/mol. The molecule has 14 atom stereocenters. The number of benzene rings is 1. The van der Waals surface area contributed by atoms with Gasteiger partial charge >= 0.3 is 36.1 Å². The molecule has 2 aliphatic heterocycles. The van der Waals surface area contributed by atoms with Crippen LogP contribution in [0.15, 0.2) is 41.5 Å². The SMILES string of the molecule is CC(=O)O[C@H]1C(=O)[C@@]2(C)C([C@H](OC(=O)c3ccccc3)[C@]34OC(=O)O[C@H]3[C@H](OC(=O)[C@H](O)[C@H](CC(C)C)NC(=O)OC(C)(C)C)C3C(C)=C1C34C)[C@]1(OC(C)=O)CO[C@@H]1C[C@H]2O. The van der Waals surface area contributed by atoms with E-state index in [1.54, 1.807) is 52.8 Å². The number of hydrogen-bond acceptors (Lipinski definition) is 17. The molecule has 1 spiro atoms. The average Bonchev–Trinajstić information content (AvgIpc) is 3.59. The van der Waals surface area contributed by atoms with Crippen molar-refractivity contribution in [3.05, 3.63) is 47.0 Å². The monoisotopic (exact) mass is 869 g/mol. The molecule has 62 heavy (non-hydrogen) atoms. The Bertz CT molecular complexity index is 2100. The Hall–Kier alpha value is -5.07. The minimum Gasteiger partial charge on any atom is -0.456 e. The number of aliphatic hydroxyl groups is 2. The van der Waals surface area contributed by atoms with Gasteiger partial charge in [-0.3, -0.25) is 14.4 Å². The molecule has 6 aliphatic rings. The number of nitrogens with one attached hydrogen (secondary N) is 1. The molecular formula is C44H55NO17. The van der Waals surface area contributed by atoms with E-state index in [1.807, 2.05) is 13.8 Å². The Morgan fingerprint density at radius 1 is 0.984 bits per heavy atom. The lowest BCUT2D eigenvalue weighted by Gasteiger charge is -2.67. The van der Waals surface area contributed by atoms with Gasteiger partial charge in [0, 0.05) is 26.2 Å². The van der Waals surface area contributed by atoms with Crippen LogP contribution >= 0.6 is 0 Å². The van der Waals surface area contributed by atoms with Gasteiger partial charge in [0.1, 0.15) is 11.7 Å². The zero-order valence-corrected chi connectivity index (χ0v) is 36.4. The minimum absolute atomic E-state index is 0.0397. The summed E-state index contributed by atoms with van der Waals surface area (Å²) >= 11 is 0. The molecule has 3 N–H and O–H groups in total. The molecule has 1 amide bonds. The minimum atomic E-state index is -2.29. The second kappa shape index (κ2) is 15.3. The smallest absolute Gasteiger partial charge is 0.456 e. The highest BCUT2D eigenvalue weighted by Gasteiger charge is 2.89. The molecule has 18 nitrogen and oxygen atoms in total. The highest BCUT2D eigenvalue weighted by Crippen LogP contribution is 2.75. The summed E-state index contributed by atoms with van der Waals surface area (Å²) in [5, 5.41) is 26.3. The van der Waals surface area contributed by atoms with Crippen molar-refractivity contribution in [3.63, 3.8) is 0 Å². The first kappa shape index (κ1) is 45.0. The maximum absolute atomic E-state index is 15.5. The van der Waals surface area contributed by atoms with Gasteiger partial charge in [0.2, 0.25) is 5.60 Å². The number of amides is 1. The lowest BCUT2D eigenvalue weighted by Crippen LogP contribution is -2.82. The van der Waals surface area contributed by atoms with Crippen LogP contribution in [0.25, 0.3) is 0 Å². The summed E-state index contributed by atoms with van der Waals surface area (Å²) in [6.07, 6.45) is -13.8. The van der Waals surface area contributed by atoms with Crippen LogP contribution in [0.2, 0.25) is 0 Å². The van der Waals surface area contributed by atoms with E-state index >= 15 is 4.79 Å². The van der Waals surface area contributed by atoms with E-state index in [0.29, 0.717) is 5.57 Å². The Morgan fingerprint density at radius 2 is 1.65 bits per heavy atom. The van der Waals surface area contributed by atoms with Crippen molar-refractivity contribution in [3.8, 4) is 0 Å². The number of aliphatic hydroxyl groups excluding tert-OH is 2. The molecule has 0 aromatic heterocycles. The van der Waals surface area contributed by atoms with Crippen LogP contribution in [0.3, 0.4) is 0 Å². The quantitative estimate of drug-likeness (QED) is 0.174. The third kappa shape index (κ3) is 6.66. The van der Waals surface area contributed by atoms with E-state index in [0.717, 1.165) is 13.8 Å². The van der Waals surface area contributed by atoms with Crippen LogP contribution in [-0.2, 0) is 57.1 Å². The summed E-state index contributed by atoms with van der Waals surface area (Å²) in [7, 11) is 0. The fourth-order valence-electron chi connectivity index (χ4n) is 11.4. The molecule has 4 aliphatic carbocycles. The summed E-state index contributed by atoms with van der Waals surface area (Å²) in [5.41, 5.74) is -8.34. The van der Waals surface area contributed by atoms with E-state index in [1.165, 1.54) is 19.1 Å². The number of alkyl carbamates (subject to hydrolysis) is 1. The third-order valence-electron chi connectivity index (χ3n) is 13.7. The number of rotatable bonds is 10. The maximum Gasteiger partial charge on any atom is 0.509 e. The molecule has 7 rings (SSSR count). The molecule has 1 aromatic rings. The summed E-state index contributed by atoms with van der Waals surface area (Å²) < 4.78 is 48.3. The molecule has 0 bridgehead atoms. The number of ether oxygens (including phenoxy) is 8. The molecular weight excluding hydrogens is 814 g/mol. The number of fused-ring (bicyclic) bond motifs is 3. The van der Waals surface area contributed by atoms with Crippen molar-refractivity contribution >= 4 is 41.9 Å².